The Hall–Kier alpha value is -2.49. The average molecular weight is 307 g/mol. The number of hydrogen-bond acceptors (Lipinski definition) is 3. The molecule has 0 N–H and O–H groups in total. The first-order chi connectivity index (χ1) is 11.3. The van der Waals surface area contributed by atoms with Gasteiger partial charge in [0.15, 0.2) is 0 Å². The molecule has 1 fully saturated rings. The van der Waals surface area contributed by atoms with Gasteiger partial charge in [0.25, 0.3) is 0 Å². The molecule has 4 rings (SSSR count). The molecule has 1 aliphatic rings. The number of benzene rings is 1. The van der Waals surface area contributed by atoms with Crippen LogP contribution in [0.4, 0.5) is 10.2 Å². The van der Waals surface area contributed by atoms with E-state index < -0.39 is 5.95 Å². The zero-order valence-corrected chi connectivity index (χ0v) is 12.9. The van der Waals surface area contributed by atoms with Crippen molar-refractivity contribution in [2.75, 3.05) is 18.0 Å². The summed E-state index contributed by atoms with van der Waals surface area (Å²) in [4.78, 5) is 10.9. The second kappa shape index (κ2) is 5.95. The Bertz CT molecular complexity index is 824. The van der Waals surface area contributed by atoms with Crippen LogP contribution in [0.1, 0.15) is 19.3 Å². The first-order valence-electron chi connectivity index (χ1n) is 8.07. The average Bonchev–Trinajstić information content (AvgIpc) is 2.62. The molecule has 3 heterocycles. The summed E-state index contributed by atoms with van der Waals surface area (Å²) < 4.78 is 13.0. The molecule has 0 saturated carbocycles. The molecule has 0 unspecified atom stereocenters. The van der Waals surface area contributed by atoms with Crippen molar-refractivity contribution < 1.29 is 4.39 Å². The Morgan fingerprint density at radius 3 is 2.48 bits per heavy atom. The van der Waals surface area contributed by atoms with Crippen molar-refractivity contribution >= 4 is 16.7 Å². The quantitative estimate of drug-likeness (QED) is 0.656. The number of hydrogen-bond donors (Lipinski definition) is 0. The maximum Gasteiger partial charge on any atom is 0.212 e. The van der Waals surface area contributed by atoms with Gasteiger partial charge in [-0.05, 0) is 61.2 Å². The minimum atomic E-state index is -0.456. The van der Waals surface area contributed by atoms with E-state index in [4.69, 9.17) is 4.98 Å². The summed E-state index contributed by atoms with van der Waals surface area (Å²) in [6.45, 7) is 2.19. The Morgan fingerprint density at radius 2 is 1.70 bits per heavy atom. The second-order valence-corrected chi connectivity index (χ2v) is 5.99. The Kier molecular flexibility index (Phi) is 3.66. The van der Waals surface area contributed by atoms with Crippen molar-refractivity contribution in [1.29, 1.82) is 0 Å². The van der Waals surface area contributed by atoms with Gasteiger partial charge in [0, 0.05) is 30.2 Å². The van der Waals surface area contributed by atoms with Crippen LogP contribution in [0.5, 0.6) is 0 Å². The zero-order valence-electron chi connectivity index (χ0n) is 12.9. The van der Waals surface area contributed by atoms with Gasteiger partial charge in [-0.3, -0.25) is 0 Å². The van der Waals surface area contributed by atoms with E-state index in [1.165, 1.54) is 25.3 Å². The topological polar surface area (TPSA) is 29.0 Å². The zero-order chi connectivity index (χ0) is 15.6. The van der Waals surface area contributed by atoms with Crippen LogP contribution in [0.15, 0.2) is 48.7 Å². The van der Waals surface area contributed by atoms with E-state index in [0.29, 0.717) is 0 Å². The molecule has 0 amide bonds. The fraction of sp³-hybridized carbons (Fsp3) is 0.263. The lowest BCUT2D eigenvalue weighted by Crippen LogP contribution is -2.30. The molecule has 0 spiro atoms. The highest BCUT2D eigenvalue weighted by Crippen LogP contribution is 2.26. The maximum atomic E-state index is 13.0. The molecule has 23 heavy (non-hydrogen) atoms. The number of rotatable bonds is 2. The molecule has 1 aliphatic heterocycles. The molecule has 3 nitrogen and oxygen atoms in total. The molecule has 116 valence electrons. The van der Waals surface area contributed by atoms with E-state index in [0.717, 1.165) is 40.9 Å². The van der Waals surface area contributed by atoms with Gasteiger partial charge in [-0.1, -0.05) is 6.07 Å². The van der Waals surface area contributed by atoms with Crippen molar-refractivity contribution in [2.45, 2.75) is 19.3 Å². The highest BCUT2D eigenvalue weighted by atomic mass is 19.1. The van der Waals surface area contributed by atoms with Crippen LogP contribution in [-0.4, -0.2) is 23.1 Å². The first-order valence-corrected chi connectivity index (χ1v) is 8.07. The molecule has 0 bridgehead atoms. The van der Waals surface area contributed by atoms with Crippen molar-refractivity contribution in [2.24, 2.45) is 0 Å². The van der Waals surface area contributed by atoms with Crippen LogP contribution in [0, 0.1) is 5.95 Å². The molecule has 2 aromatic heterocycles. The van der Waals surface area contributed by atoms with E-state index >= 15 is 0 Å². The lowest BCUT2D eigenvalue weighted by atomic mass is 10.0. The fourth-order valence-electron chi connectivity index (χ4n) is 3.14. The lowest BCUT2D eigenvalue weighted by molar-refractivity contribution is 0.574. The summed E-state index contributed by atoms with van der Waals surface area (Å²) in [5.41, 5.74) is 2.93. The molecule has 4 heteroatoms. The highest BCUT2D eigenvalue weighted by Gasteiger charge is 2.12. The maximum absolute atomic E-state index is 13.0. The largest absolute Gasteiger partial charge is 0.357 e. The van der Waals surface area contributed by atoms with Gasteiger partial charge in [0.05, 0.1) is 5.52 Å². The molecule has 3 aromatic rings. The minimum absolute atomic E-state index is 0.456. The lowest BCUT2D eigenvalue weighted by Gasteiger charge is -2.27. The number of fused-ring (bicyclic) bond motifs is 1. The van der Waals surface area contributed by atoms with Crippen LogP contribution in [-0.2, 0) is 0 Å². The SMILES string of the molecule is Fc1ccc(-c2ccc3nc(N4CCCCC4)ccc3c2)cn1. The third kappa shape index (κ3) is 2.89. The number of aromatic nitrogens is 2. The normalized spacial score (nSPS) is 15.1. The summed E-state index contributed by atoms with van der Waals surface area (Å²) in [5.74, 6) is 0.607. The predicted octanol–water partition coefficient (Wildman–Crippen LogP) is 4.43. The third-order valence-corrected chi connectivity index (χ3v) is 4.42. The van der Waals surface area contributed by atoms with Gasteiger partial charge in [-0.15, -0.1) is 0 Å². The Balaban J connectivity index is 1.68. The van der Waals surface area contributed by atoms with Crippen molar-refractivity contribution in [3.05, 3.63) is 54.6 Å². The Labute approximate surface area is 134 Å². The van der Waals surface area contributed by atoms with E-state index in [9.17, 15) is 4.39 Å². The number of anilines is 1. The molecule has 1 saturated heterocycles. The number of halogens is 1. The third-order valence-electron chi connectivity index (χ3n) is 4.42. The monoisotopic (exact) mass is 307 g/mol. The minimum Gasteiger partial charge on any atom is -0.357 e. The highest BCUT2D eigenvalue weighted by molar-refractivity contribution is 5.85. The Morgan fingerprint density at radius 1 is 0.870 bits per heavy atom. The van der Waals surface area contributed by atoms with E-state index in [2.05, 4.69) is 28.1 Å². The first kappa shape index (κ1) is 14.1. The van der Waals surface area contributed by atoms with Crippen LogP contribution >= 0.6 is 0 Å². The van der Waals surface area contributed by atoms with Gasteiger partial charge in [0.2, 0.25) is 5.95 Å². The predicted molar refractivity (Wildman–Crippen MR) is 91.0 cm³/mol. The summed E-state index contributed by atoms with van der Waals surface area (Å²) in [6, 6.07) is 13.5. The van der Waals surface area contributed by atoms with Gasteiger partial charge in [-0.2, -0.15) is 4.39 Å². The van der Waals surface area contributed by atoms with Crippen molar-refractivity contribution in [3.63, 3.8) is 0 Å². The summed E-state index contributed by atoms with van der Waals surface area (Å²) in [6.07, 6.45) is 5.37. The van der Waals surface area contributed by atoms with Crippen LogP contribution in [0.2, 0.25) is 0 Å². The van der Waals surface area contributed by atoms with Gasteiger partial charge in [-0.25, -0.2) is 9.97 Å². The van der Waals surface area contributed by atoms with E-state index in [1.54, 1.807) is 12.3 Å². The van der Waals surface area contributed by atoms with Gasteiger partial charge < -0.3 is 4.90 Å². The molecular weight excluding hydrogens is 289 g/mol. The van der Waals surface area contributed by atoms with Crippen LogP contribution in [0.3, 0.4) is 0 Å². The van der Waals surface area contributed by atoms with E-state index in [-0.39, 0.29) is 0 Å². The molecule has 1 aromatic carbocycles. The smallest absolute Gasteiger partial charge is 0.212 e. The molecule has 0 radical (unpaired) electrons. The number of pyridine rings is 2. The van der Waals surface area contributed by atoms with E-state index in [1.807, 2.05) is 12.1 Å². The molecule has 0 aliphatic carbocycles. The van der Waals surface area contributed by atoms with Crippen molar-refractivity contribution in [3.8, 4) is 11.1 Å². The van der Waals surface area contributed by atoms with Crippen LogP contribution < -0.4 is 4.90 Å². The number of nitrogens with zero attached hydrogens (tertiary/aromatic N) is 3. The molecular formula is C19H18FN3. The van der Waals surface area contributed by atoms with Gasteiger partial charge >= 0.3 is 0 Å². The van der Waals surface area contributed by atoms with Crippen LogP contribution in [0.25, 0.3) is 22.0 Å². The molecule has 0 atom stereocenters. The fourth-order valence-corrected chi connectivity index (χ4v) is 3.14. The second-order valence-electron chi connectivity index (χ2n) is 5.99. The van der Waals surface area contributed by atoms with Gasteiger partial charge in [0.1, 0.15) is 5.82 Å². The summed E-state index contributed by atoms with van der Waals surface area (Å²) >= 11 is 0. The van der Waals surface area contributed by atoms with Crippen molar-refractivity contribution in [1.82, 2.24) is 9.97 Å². The summed E-state index contributed by atoms with van der Waals surface area (Å²) in [7, 11) is 0. The number of piperidine rings is 1. The standard InChI is InChI=1S/C19H18FN3/c20-18-8-5-16(13-21-18)14-4-7-17-15(12-14)6-9-19(22-17)23-10-2-1-3-11-23/h4-9,12-13H,1-3,10-11H2. The summed E-state index contributed by atoms with van der Waals surface area (Å²) in [5, 5.41) is 1.09.